The van der Waals surface area contributed by atoms with Crippen LogP contribution in [0.5, 0.6) is 0 Å². The highest BCUT2D eigenvalue weighted by atomic mass is 16.3. The van der Waals surface area contributed by atoms with Crippen LogP contribution < -0.4 is 5.32 Å². The molecule has 1 saturated carbocycles. The molecule has 1 fully saturated rings. The van der Waals surface area contributed by atoms with Crippen molar-refractivity contribution >= 4 is 11.6 Å². The van der Waals surface area contributed by atoms with Gasteiger partial charge in [0.1, 0.15) is 5.65 Å². The van der Waals surface area contributed by atoms with Crippen LogP contribution in [0.2, 0.25) is 0 Å². The first-order chi connectivity index (χ1) is 9.70. The van der Waals surface area contributed by atoms with Gasteiger partial charge in [0.15, 0.2) is 0 Å². The molecule has 5 heteroatoms. The fourth-order valence-electron chi connectivity index (χ4n) is 2.74. The van der Waals surface area contributed by atoms with Crippen molar-refractivity contribution in [1.82, 2.24) is 14.7 Å². The Morgan fingerprint density at radius 3 is 2.90 bits per heavy atom. The van der Waals surface area contributed by atoms with Crippen LogP contribution in [0.3, 0.4) is 0 Å². The Bertz CT molecular complexity index is 567. The molecule has 1 aliphatic carbocycles. The zero-order valence-electron chi connectivity index (χ0n) is 11.3. The zero-order valence-corrected chi connectivity index (χ0v) is 11.3. The normalized spacial score (nSPS) is 22.9. The minimum atomic E-state index is -0.193. The van der Waals surface area contributed by atoms with Gasteiger partial charge in [-0.25, -0.2) is 4.98 Å². The Hall–Kier alpha value is -1.88. The molecule has 20 heavy (non-hydrogen) atoms. The monoisotopic (exact) mass is 273 g/mol. The van der Waals surface area contributed by atoms with Crippen LogP contribution in [0.15, 0.2) is 30.6 Å². The predicted molar refractivity (Wildman–Crippen MR) is 75.3 cm³/mol. The largest absolute Gasteiger partial charge is 0.393 e. The number of amides is 1. The minimum Gasteiger partial charge on any atom is -0.393 e. The summed E-state index contributed by atoms with van der Waals surface area (Å²) in [5.74, 6) is 0.00907. The van der Waals surface area contributed by atoms with Crippen LogP contribution >= 0.6 is 0 Å². The predicted octanol–water partition coefficient (Wildman–Crippen LogP) is 1.30. The quantitative estimate of drug-likeness (QED) is 0.885. The molecule has 2 N–H and O–H groups in total. The van der Waals surface area contributed by atoms with Gasteiger partial charge in [0, 0.05) is 18.4 Å². The van der Waals surface area contributed by atoms with E-state index in [2.05, 4.69) is 10.3 Å². The van der Waals surface area contributed by atoms with Crippen molar-refractivity contribution in [3.05, 3.63) is 36.3 Å². The molecule has 2 heterocycles. The molecule has 0 radical (unpaired) electrons. The van der Waals surface area contributed by atoms with Crippen molar-refractivity contribution < 1.29 is 9.90 Å². The Labute approximate surface area is 117 Å². The SMILES string of the molecule is O=C(Cc1cn2ccccc2n1)NC1CCC(O)CC1. The molecule has 0 saturated heterocycles. The number of carbonyl (C=O) groups is 1. The van der Waals surface area contributed by atoms with E-state index in [1.54, 1.807) is 0 Å². The van der Waals surface area contributed by atoms with Crippen molar-refractivity contribution in [3.8, 4) is 0 Å². The molecule has 0 aliphatic heterocycles. The molecule has 5 nitrogen and oxygen atoms in total. The van der Waals surface area contributed by atoms with Crippen molar-refractivity contribution in [2.45, 2.75) is 44.2 Å². The molecule has 3 rings (SSSR count). The molecule has 106 valence electrons. The van der Waals surface area contributed by atoms with Gasteiger partial charge in [0.25, 0.3) is 0 Å². The lowest BCUT2D eigenvalue weighted by Crippen LogP contribution is -2.39. The Kier molecular flexibility index (Phi) is 3.69. The van der Waals surface area contributed by atoms with Crippen LogP contribution in [0.25, 0.3) is 5.65 Å². The molecule has 2 aromatic rings. The van der Waals surface area contributed by atoms with Crippen molar-refractivity contribution in [2.75, 3.05) is 0 Å². The first-order valence-corrected chi connectivity index (χ1v) is 7.11. The maximum absolute atomic E-state index is 12.0. The minimum absolute atomic E-state index is 0.00907. The summed E-state index contributed by atoms with van der Waals surface area (Å²) in [5, 5.41) is 12.5. The van der Waals surface area contributed by atoms with Gasteiger partial charge in [0.2, 0.25) is 5.91 Å². The third-order valence-electron chi connectivity index (χ3n) is 3.82. The number of fused-ring (bicyclic) bond motifs is 1. The van der Waals surface area contributed by atoms with E-state index in [-0.39, 0.29) is 18.1 Å². The van der Waals surface area contributed by atoms with E-state index in [1.165, 1.54) is 0 Å². The van der Waals surface area contributed by atoms with Crippen LogP contribution in [0.4, 0.5) is 0 Å². The Morgan fingerprint density at radius 2 is 2.15 bits per heavy atom. The lowest BCUT2D eigenvalue weighted by atomic mass is 9.93. The number of rotatable bonds is 3. The number of nitrogens with one attached hydrogen (secondary N) is 1. The third-order valence-corrected chi connectivity index (χ3v) is 3.82. The van der Waals surface area contributed by atoms with Gasteiger partial charge in [-0.15, -0.1) is 0 Å². The number of imidazole rings is 1. The standard InChI is InChI=1S/C15H19N3O2/c19-13-6-4-11(5-7-13)17-15(20)9-12-10-18-8-2-1-3-14(18)16-12/h1-3,8,10-11,13,19H,4-7,9H2,(H,17,20). The Morgan fingerprint density at radius 1 is 1.35 bits per heavy atom. The van der Waals surface area contributed by atoms with Crippen LogP contribution in [-0.2, 0) is 11.2 Å². The maximum Gasteiger partial charge on any atom is 0.226 e. The van der Waals surface area contributed by atoms with E-state index < -0.39 is 0 Å². The number of hydrogen-bond acceptors (Lipinski definition) is 3. The summed E-state index contributed by atoms with van der Waals surface area (Å²) in [7, 11) is 0. The number of aliphatic hydroxyl groups excluding tert-OH is 1. The van der Waals surface area contributed by atoms with Gasteiger partial charge >= 0.3 is 0 Å². The first-order valence-electron chi connectivity index (χ1n) is 7.11. The lowest BCUT2D eigenvalue weighted by molar-refractivity contribution is -0.121. The highest BCUT2D eigenvalue weighted by Crippen LogP contribution is 2.18. The zero-order chi connectivity index (χ0) is 13.9. The number of carbonyl (C=O) groups excluding carboxylic acids is 1. The summed E-state index contributed by atoms with van der Waals surface area (Å²) >= 11 is 0. The first kappa shape index (κ1) is 13.1. The summed E-state index contributed by atoms with van der Waals surface area (Å²) in [6, 6.07) is 5.98. The Balaban J connectivity index is 1.58. The van der Waals surface area contributed by atoms with E-state index in [9.17, 15) is 9.90 Å². The topological polar surface area (TPSA) is 66.6 Å². The van der Waals surface area contributed by atoms with Gasteiger partial charge in [-0.2, -0.15) is 0 Å². The average Bonchev–Trinajstić information content (AvgIpc) is 2.83. The molecule has 2 aromatic heterocycles. The fourth-order valence-corrected chi connectivity index (χ4v) is 2.74. The number of pyridine rings is 1. The number of aromatic nitrogens is 2. The van der Waals surface area contributed by atoms with Crippen molar-refractivity contribution in [3.63, 3.8) is 0 Å². The van der Waals surface area contributed by atoms with Gasteiger partial charge in [0.05, 0.1) is 18.2 Å². The second kappa shape index (κ2) is 5.63. The van der Waals surface area contributed by atoms with E-state index in [0.717, 1.165) is 37.0 Å². The molecule has 0 bridgehead atoms. The second-order valence-corrected chi connectivity index (χ2v) is 5.45. The highest BCUT2D eigenvalue weighted by molar-refractivity contribution is 5.78. The number of hydrogen-bond donors (Lipinski definition) is 2. The second-order valence-electron chi connectivity index (χ2n) is 5.45. The van der Waals surface area contributed by atoms with Gasteiger partial charge < -0.3 is 14.8 Å². The summed E-state index contributed by atoms with van der Waals surface area (Å²) in [4.78, 5) is 16.4. The summed E-state index contributed by atoms with van der Waals surface area (Å²) < 4.78 is 1.92. The van der Waals surface area contributed by atoms with Crippen molar-refractivity contribution in [1.29, 1.82) is 0 Å². The molecule has 1 aliphatic rings. The molecule has 0 spiro atoms. The summed E-state index contributed by atoms with van der Waals surface area (Å²) in [6.07, 6.45) is 7.20. The molecule has 0 aromatic carbocycles. The number of nitrogens with zero attached hydrogens (tertiary/aromatic N) is 2. The van der Waals surface area contributed by atoms with Crippen LogP contribution in [-0.4, -0.2) is 32.5 Å². The van der Waals surface area contributed by atoms with Gasteiger partial charge in [-0.3, -0.25) is 4.79 Å². The highest BCUT2D eigenvalue weighted by Gasteiger charge is 2.21. The van der Waals surface area contributed by atoms with Crippen LogP contribution in [0.1, 0.15) is 31.4 Å². The van der Waals surface area contributed by atoms with Gasteiger partial charge in [-0.05, 0) is 37.8 Å². The lowest BCUT2D eigenvalue weighted by Gasteiger charge is -2.26. The maximum atomic E-state index is 12.0. The van der Waals surface area contributed by atoms with E-state index in [0.29, 0.717) is 6.42 Å². The van der Waals surface area contributed by atoms with E-state index in [1.807, 2.05) is 35.0 Å². The smallest absolute Gasteiger partial charge is 0.226 e. The molecule has 1 amide bonds. The molecule has 0 atom stereocenters. The summed E-state index contributed by atoms with van der Waals surface area (Å²) in [5.41, 5.74) is 1.64. The van der Waals surface area contributed by atoms with Crippen molar-refractivity contribution in [2.24, 2.45) is 0 Å². The van der Waals surface area contributed by atoms with Gasteiger partial charge in [-0.1, -0.05) is 6.07 Å². The average molecular weight is 273 g/mol. The summed E-state index contributed by atoms with van der Waals surface area (Å²) in [6.45, 7) is 0. The fraction of sp³-hybridized carbons (Fsp3) is 0.467. The molecule has 0 unspecified atom stereocenters. The van der Waals surface area contributed by atoms with E-state index in [4.69, 9.17) is 0 Å². The molecular weight excluding hydrogens is 254 g/mol. The molecular formula is C15H19N3O2. The van der Waals surface area contributed by atoms with E-state index >= 15 is 0 Å². The number of aliphatic hydroxyl groups is 1. The van der Waals surface area contributed by atoms with Crippen LogP contribution in [0, 0.1) is 0 Å². The third kappa shape index (κ3) is 2.99.